The second-order valence-electron chi connectivity index (χ2n) is 6.32. The molecule has 121 valence electrons. The van der Waals surface area contributed by atoms with E-state index in [0.29, 0.717) is 0 Å². The van der Waals surface area contributed by atoms with Crippen LogP contribution in [0.2, 0.25) is 19.1 Å². The quantitative estimate of drug-likeness (QED) is 0.470. The molecule has 1 radical (unpaired) electrons. The first kappa shape index (κ1) is 17.0. The summed E-state index contributed by atoms with van der Waals surface area (Å²) in [6.07, 6.45) is 0. The van der Waals surface area contributed by atoms with Crippen molar-refractivity contribution < 1.29 is 0 Å². The Morgan fingerprint density at radius 2 is 0.958 bits per heavy atom. The third-order valence-electron chi connectivity index (χ3n) is 4.26. The summed E-state index contributed by atoms with van der Waals surface area (Å²) in [7, 11) is -0.316. The number of hydrogen-bond acceptors (Lipinski definition) is 0. The van der Waals surface area contributed by atoms with Crippen LogP contribution in [0.15, 0.2) is 91.0 Å². The minimum atomic E-state index is -1.71. The first-order valence-electron chi connectivity index (χ1n) is 8.42. The van der Waals surface area contributed by atoms with Crippen LogP contribution in [0.3, 0.4) is 0 Å². The van der Waals surface area contributed by atoms with Crippen LogP contribution >= 0.6 is 6.89 Å². The molecule has 24 heavy (non-hydrogen) atoms. The van der Waals surface area contributed by atoms with Gasteiger partial charge in [0.1, 0.15) is 0 Å². The van der Waals surface area contributed by atoms with Gasteiger partial charge in [-0.05, 0) is 28.8 Å². The van der Waals surface area contributed by atoms with Crippen molar-refractivity contribution in [1.29, 1.82) is 0 Å². The zero-order valence-corrected chi connectivity index (χ0v) is 16.3. The van der Waals surface area contributed by atoms with Gasteiger partial charge in [-0.3, -0.25) is 0 Å². The van der Waals surface area contributed by atoms with Gasteiger partial charge in [-0.1, -0.05) is 110 Å². The summed E-state index contributed by atoms with van der Waals surface area (Å²) in [6.45, 7) is 3.09. The molecule has 3 aromatic carbocycles. The molecular formula is C22H24PSi. The maximum Gasteiger partial charge on any atom is 0.0453 e. The lowest BCUT2D eigenvalue weighted by molar-refractivity contribution is 1.73. The maximum absolute atomic E-state index is 2.65. The zero-order chi connectivity index (χ0) is 16.8. The summed E-state index contributed by atoms with van der Waals surface area (Å²) >= 11 is 0. The van der Waals surface area contributed by atoms with Crippen LogP contribution in [-0.2, 0) is 0 Å². The van der Waals surface area contributed by atoms with Crippen molar-refractivity contribution in [3.05, 3.63) is 91.0 Å². The van der Waals surface area contributed by atoms with E-state index >= 15 is 0 Å². The number of hydrogen-bond donors (Lipinski definition) is 0. The molecule has 0 heterocycles. The van der Waals surface area contributed by atoms with Gasteiger partial charge in [0.25, 0.3) is 0 Å². The van der Waals surface area contributed by atoms with Crippen LogP contribution in [0.4, 0.5) is 0 Å². The molecular weight excluding hydrogens is 323 g/mol. The third kappa shape index (κ3) is 3.48. The maximum atomic E-state index is 2.65. The van der Waals surface area contributed by atoms with E-state index in [-0.39, 0.29) is 8.80 Å². The van der Waals surface area contributed by atoms with Crippen molar-refractivity contribution in [1.82, 2.24) is 0 Å². The molecule has 3 aromatic rings. The van der Waals surface area contributed by atoms with E-state index in [9.17, 15) is 0 Å². The standard InChI is InChI=1S/C22H24PSi/c1-24(2)19-18-23(20-12-6-3-7-13-20,21-14-8-4-9-15-21)22-16-10-5-11-17-22/h3-18H,19H2,1-2H3. The predicted molar refractivity (Wildman–Crippen MR) is 114 cm³/mol. The molecule has 0 amide bonds. The lowest BCUT2D eigenvalue weighted by Crippen LogP contribution is -2.27. The number of rotatable bonds is 5. The molecule has 2 heteroatoms. The molecule has 0 bridgehead atoms. The fourth-order valence-corrected chi connectivity index (χ4v) is 9.08. The van der Waals surface area contributed by atoms with E-state index in [1.54, 1.807) is 0 Å². The highest BCUT2D eigenvalue weighted by Gasteiger charge is 2.24. The SMILES string of the molecule is C[Si](C)CC=P(c1ccccc1)(c1ccccc1)c1ccccc1. The lowest BCUT2D eigenvalue weighted by atomic mass is 10.4. The summed E-state index contributed by atoms with van der Waals surface area (Å²) in [4.78, 5) is 0. The van der Waals surface area contributed by atoms with Crippen molar-refractivity contribution in [2.24, 2.45) is 0 Å². The Balaban J connectivity index is 2.35. The molecule has 0 aromatic heterocycles. The largest absolute Gasteiger partial charge is 0.0771 e. The Hall–Kier alpha value is -1.82. The normalized spacial score (nSPS) is 11.5. The highest BCUT2D eigenvalue weighted by molar-refractivity contribution is 7.94. The van der Waals surface area contributed by atoms with E-state index in [4.69, 9.17) is 0 Å². The first-order valence-corrected chi connectivity index (χ1v) is 13.0. The van der Waals surface area contributed by atoms with Gasteiger partial charge in [0.15, 0.2) is 0 Å². The minimum absolute atomic E-state index is 0.316. The predicted octanol–water partition coefficient (Wildman–Crippen LogP) is 4.54. The number of benzene rings is 3. The molecule has 0 unspecified atom stereocenters. The third-order valence-corrected chi connectivity index (χ3v) is 9.70. The van der Waals surface area contributed by atoms with Crippen LogP contribution in [0.1, 0.15) is 0 Å². The second-order valence-corrected chi connectivity index (χ2v) is 12.5. The zero-order valence-electron chi connectivity index (χ0n) is 14.4. The summed E-state index contributed by atoms with van der Waals surface area (Å²) in [5, 5.41) is 4.35. The molecule has 0 saturated heterocycles. The van der Waals surface area contributed by atoms with Gasteiger partial charge < -0.3 is 0 Å². The van der Waals surface area contributed by atoms with E-state index in [1.807, 2.05) is 0 Å². The molecule has 3 rings (SSSR count). The lowest BCUT2D eigenvalue weighted by Gasteiger charge is -2.29. The summed E-state index contributed by atoms with van der Waals surface area (Å²) in [6, 6.07) is 34.5. The molecule has 0 spiro atoms. The van der Waals surface area contributed by atoms with Gasteiger partial charge >= 0.3 is 0 Å². The van der Waals surface area contributed by atoms with Gasteiger partial charge in [0, 0.05) is 8.80 Å². The average molecular weight is 347 g/mol. The van der Waals surface area contributed by atoms with E-state index in [1.165, 1.54) is 22.0 Å². The Labute approximate surface area is 147 Å². The highest BCUT2D eigenvalue weighted by Crippen LogP contribution is 2.44. The van der Waals surface area contributed by atoms with Crippen LogP contribution in [-0.4, -0.2) is 14.6 Å². The van der Waals surface area contributed by atoms with Crippen molar-refractivity contribution >= 4 is 37.4 Å². The smallest absolute Gasteiger partial charge is 0.0453 e. The van der Waals surface area contributed by atoms with Gasteiger partial charge in [-0.25, -0.2) is 0 Å². The molecule has 0 fully saturated rings. The topological polar surface area (TPSA) is 0 Å². The van der Waals surface area contributed by atoms with Gasteiger partial charge in [-0.15, -0.1) is 0 Å². The molecule has 0 atom stereocenters. The van der Waals surface area contributed by atoms with Crippen LogP contribution in [0.25, 0.3) is 0 Å². The second kappa shape index (κ2) is 7.83. The van der Waals surface area contributed by atoms with Crippen LogP contribution in [0.5, 0.6) is 0 Å². The minimum Gasteiger partial charge on any atom is -0.0771 e. The van der Waals surface area contributed by atoms with Crippen molar-refractivity contribution in [2.75, 3.05) is 0 Å². The van der Waals surface area contributed by atoms with E-state index < -0.39 is 6.89 Å². The molecule has 0 N–H and O–H groups in total. The Bertz CT molecular complexity index is 705. The van der Waals surface area contributed by atoms with Crippen LogP contribution < -0.4 is 15.9 Å². The van der Waals surface area contributed by atoms with Gasteiger partial charge in [-0.2, -0.15) is 0 Å². The van der Waals surface area contributed by atoms with Crippen molar-refractivity contribution in [2.45, 2.75) is 19.1 Å². The van der Waals surface area contributed by atoms with E-state index in [0.717, 1.165) is 0 Å². The molecule has 0 aliphatic rings. The molecule has 0 nitrogen and oxygen atoms in total. The highest BCUT2D eigenvalue weighted by atomic mass is 31.2. The Kier molecular flexibility index (Phi) is 5.55. The van der Waals surface area contributed by atoms with Crippen LogP contribution in [0, 0.1) is 0 Å². The Morgan fingerprint density at radius 1 is 0.625 bits per heavy atom. The summed E-state index contributed by atoms with van der Waals surface area (Å²) < 4.78 is 0. The summed E-state index contributed by atoms with van der Waals surface area (Å²) in [5.74, 6) is 2.65. The Morgan fingerprint density at radius 3 is 1.25 bits per heavy atom. The summed E-state index contributed by atoms with van der Waals surface area (Å²) in [5.41, 5.74) is 0. The van der Waals surface area contributed by atoms with Gasteiger partial charge in [0.2, 0.25) is 0 Å². The molecule has 0 saturated carbocycles. The molecule has 0 aliphatic heterocycles. The fourth-order valence-electron chi connectivity index (χ4n) is 3.07. The average Bonchev–Trinajstić information content (AvgIpc) is 2.65. The van der Waals surface area contributed by atoms with Crippen molar-refractivity contribution in [3.63, 3.8) is 0 Å². The van der Waals surface area contributed by atoms with E-state index in [2.05, 4.69) is 110 Å². The van der Waals surface area contributed by atoms with Gasteiger partial charge in [0.05, 0.1) is 0 Å². The fraction of sp³-hybridized carbons (Fsp3) is 0.136. The monoisotopic (exact) mass is 347 g/mol. The molecule has 0 aliphatic carbocycles. The first-order chi connectivity index (χ1) is 11.7. The van der Waals surface area contributed by atoms with Crippen molar-refractivity contribution in [3.8, 4) is 0 Å².